The maximum absolute atomic E-state index is 14.6. The molecule has 4 aromatic heterocycles. The summed E-state index contributed by atoms with van der Waals surface area (Å²) < 4.78 is 30.4. The van der Waals surface area contributed by atoms with E-state index in [1.54, 1.807) is 25.7 Å². The molecule has 1 aromatic carbocycles. The number of rotatable bonds is 4. The average Bonchev–Trinajstić information content (AvgIpc) is 3.34. The van der Waals surface area contributed by atoms with Gasteiger partial charge in [0.05, 0.1) is 6.20 Å². The van der Waals surface area contributed by atoms with E-state index in [9.17, 15) is 8.96 Å². The van der Waals surface area contributed by atoms with Crippen LogP contribution in [0, 0.1) is 5.82 Å². The van der Waals surface area contributed by atoms with Crippen LogP contribution in [-0.4, -0.2) is 42.5 Å². The van der Waals surface area contributed by atoms with Crippen LogP contribution in [-0.2, 0) is 11.0 Å². The van der Waals surface area contributed by atoms with Gasteiger partial charge in [-0.2, -0.15) is 9.61 Å². The third-order valence-electron chi connectivity index (χ3n) is 5.00. The van der Waals surface area contributed by atoms with Gasteiger partial charge in [0.25, 0.3) is 5.78 Å². The second kappa shape index (κ2) is 6.85. The van der Waals surface area contributed by atoms with Gasteiger partial charge in [-0.05, 0) is 37.6 Å². The van der Waals surface area contributed by atoms with E-state index in [4.69, 9.17) is 0 Å². The molecule has 0 saturated heterocycles. The van der Waals surface area contributed by atoms with Crippen molar-refractivity contribution in [2.75, 3.05) is 13.3 Å². The molecular formula is C21H18FN6OP. The summed E-state index contributed by atoms with van der Waals surface area (Å²) in [4.78, 5) is 4.33. The summed E-state index contributed by atoms with van der Waals surface area (Å²) in [5.74, 6) is 0.512. The maximum Gasteiger partial charge on any atom is 0.271 e. The lowest BCUT2D eigenvalue weighted by molar-refractivity contribution is 0.588. The summed E-state index contributed by atoms with van der Waals surface area (Å²) in [5, 5.41) is 13.6. The first-order valence-electron chi connectivity index (χ1n) is 9.37. The number of benzene rings is 1. The first kappa shape index (κ1) is 18.6. The molecule has 0 spiro atoms. The first-order valence-corrected chi connectivity index (χ1v) is 12.0. The number of hydrogen-bond donors (Lipinski definition) is 0. The van der Waals surface area contributed by atoms with Gasteiger partial charge in [-0.3, -0.25) is 0 Å². The minimum Gasteiger partial charge on any atom is -0.323 e. The molecule has 0 aliphatic carbocycles. The van der Waals surface area contributed by atoms with E-state index >= 15 is 0 Å². The van der Waals surface area contributed by atoms with Crippen LogP contribution in [0.2, 0.25) is 0 Å². The SMILES string of the molecule is CP(C)(=O)c1cccc(-c2cnc3nnc(Cc4cn5cccc5cc4F)n3n2)c1. The Morgan fingerprint density at radius 3 is 2.80 bits per heavy atom. The Hall–Kier alpha value is -3.38. The zero-order valence-electron chi connectivity index (χ0n) is 16.4. The van der Waals surface area contributed by atoms with Crippen LogP contribution in [0.1, 0.15) is 11.4 Å². The molecule has 0 saturated carbocycles. The lowest BCUT2D eigenvalue weighted by Crippen LogP contribution is -2.06. The van der Waals surface area contributed by atoms with Gasteiger partial charge in [-0.25, -0.2) is 9.37 Å². The van der Waals surface area contributed by atoms with Gasteiger partial charge < -0.3 is 8.97 Å². The number of aromatic nitrogens is 6. The molecule has 0 aliphatic heterocycles. The van der Waals surface area contributed by atoms with Crippen LogP contribution in [0.4, 0.5) is 4.39 Å². The average molecular weight is 420 g/mol. The van der Waals surface area contributed by atoms with Crippen molar-refractivity contribution in [3.8, 4) is 11.3 Å². The van der Waals surface area contributed by atoms with Gasteiger partial charge in [-0.15, -0.1) is 10.2 Å². The van der Waals surface area contributed by atoms with Gasteiger partial charge >= 0.3 is 0 Å². The number of fused-ring (bicyclic) bond motifs is 2. The Labute approximate surface area is 171 Å². The van der Waals surface area contributed by atoms with Crippen molar-refractivity contribution in [1.82, 2.24) is 29.2 Å². The Balaban J connectivity index is 1.56. The molecular weight excluding hydrogens is 402 g/mol. The molecule has 9 heteroatoms. The number of pyridine rings is 1. The fraction of sp³-hybridized carbons (Fsp3) is 0.143. The number of halogens is 1. The third-order valence-corrected chi connectivity index (χ3v) is 6.52. The highest BCUT2D eigenvalue weighted by atomic mass is 31.2. The number of hydrogen-bond acceptors (Lipinski definition) is 5. The van der Waals surface area contributed by atoms with Crippen LogP contribution >= 0.6 is 7.14 Å². The molecule has 0 fully saturated rings. The molecule has 0 unspecified atom stereocenters. The smallest absolute Gasteiger partial charge is 0.271 e. The van der Waals surface area contributed by atoms with Gasteiger partial charge in [0, 0.05) is 40.8 Å². The molecule has 7 nitrogen and oxygen atoms in total. The van der Waals surface area contributed by atoms with Crippen molar-refractivity contribution in [3.63, 3.8) is 0 Å². The maximum atomic E-state index is 14.6. The van der Waals surface area contributed by atoms with E-state index in [2.05, 4.69) is 20.3 Å². The summed E-state index contributed by atoms with van der Waals surface area (Å²) in [6.45, 7) is 3.46. The van der Waals surface area contributed by atoms with Crippen LogP contribution < -0.4 is 5.30 Å². The van der Waals surface area contributed by atoms with Crippen molar-refractivity contribution >= 4 is 23.7 Å². The van der Waals surface area contributed by atoms with Crippen LogP contribution in [0.3, 0.4) is 0 Å². The van der Waals surface area contributed by atoms with E-state index in [0.717, 1.165) is 16.4 Å². The highest BCUT2D eigenvalue weighted by Gasteiger charge is 2.15. The van der Waals surface area contributed by atoms with E-state index in [0.29, 0.717) is 22.9 Å². The molecule has 4 heterocycles. The molecule has 5 rings (SSSR count). The monoisotopic (exact) mass is 420 g/mol. The van der Waals surface area contributed by atoms with Crippen molar-refractivity contribution in [3.05, 3.63) is 78.3 Å². The Bertz CT molecular complexity index is 1450. The third kappa shape index (κ3) is 3.29. The van der Waals surface area contributed by atoms with Crippen molar-refractivity contribution < 1.29 is 8.96 Å². The lowest BCUT2D eigenvalue weighted by atomic mass is 10.2. The van der Waals surface area contributed by atoms with Gasteiger partial charge in [-0.1, -0.05) is 18.2 Å². The van der Waals surface area contributed by atoms with Crippen LogP contribution in [0.25, 0.3) is 22.6 Å². The second-order valence-electron chi connectivity index (χ2n) is 7.54. The normalized spacial score (nSPS) is 12.1. The molecule has 0 radical (unpaired) electrons. The standard InChI is InChI=1S/C21H18FN6OP/c1-30(2,29)17-7-3-5-14(9-17)19-12-23-21-25-24-20(28(21)26-19)10-15-13-27-8-4-6-16(27)11-18(15)22/h3-9,11-13H,10H2,1-2H3. The topological polar surface area (TPSA) is 77.5 Å². The highest BCUT2D eigenvalue weighted by Crippen LogP contribution is 2.35. The Morgan fingerprint density at radius 2 is 1.97 bits per heavy atom. The number of nitrogens with zero attached hydrogens (tertiary/aromatic N) is 6. The van der Waals surface area contributed by atoms with Crippen molar-refractivity contribution in [1.29, 1.82) is 0 Å². The van der Waals surface area contributed by atoms with Gasteiger partial charge in [0.1, 0.15) is 18.7 Å². The molecule has 0 amide bonds. The molecule has 0 atom stereocenters. The molecule has 0 bridgehead atoms. The van der Waals surface area contributed by atoms with E-state index in [-0.39, 0.29) is 12.2 Å². The zero-order valence-corrected chi connectivity index (χ0v) is 17.3. The minimum absolute atomic E-state index is 0.221. The van der Waals surface area contributed by atoms with E-state index < -0.39 is 7.14 Å². The fourth-order valence-corrected chi connectivity index (χ4v) is 4.27. The van der Waals surface area contributed by atoms with E-state index in [1.165, 1.54) is 10.6 Å². The van der Waals surface area contributed by atoms with Gasteiger partial charge in [0.15, 0.2) is 5.82 Å². The minimum atomic E-state index is -2.40. The van der Waals surface area contributed by atoms with E-state index in [1.807, 2.05) is 47.0 Å². The molecule has 150 valence electrons. The highest BCUT2D eigenvalue weighted by molar-refractivity contribution is 7.70. The summed E-state index contributed by atoms with van der Waals surface area (Å²) in [6.07, 6.45) is 5.44. The zero-order chi connectivity index (χ0) is 20.9. The molecule has 0 N–H and O–H groups in total. The molecule has 30 heavy (non-hydrogen) atoms. The van der Waals surface area contributed by atoms with Crippen molar-refractivity contribution in [2.24, 2.45) is 0 Å². The predicted octanol–water partition coefficient (Wildman–Crippen LogP) is 3.42. The summed E-state index contributed by atoms with van der Waals surface area (Å²) in [7, 11) is -2.40. The second-order valence-corrected chi connectivity index (χ2v) is 10.8. The van der Waals surface area contributed by atoms with Crippen LogP contribution in [0.5, 0.6) is 0 Å². The molecule has 0 aliphatic rings. The van der Waals surface area contributed by atoms with Gasteiger partial charge in [0.2, 0.25) is 0 Å². The predicted molar refractivity (Wildman–Crippen MR) is 113 cm³/mol. The van der Waals surface area contributed by atoms with Crippen molar-refractivity contribution in [2.45, 2.75) is 6.42 Å². The Morgan fingerprint density at radius 1 is 1.10 bits per heavy atom. The fourth-order valence-electron chi connectivity index (χ4n) is 3.38. The Kier molecular flexibility index (Phi) is 4.25. The summed E-state index contributed by atoms with van der Waals surface area (Å²) in [5.41, 5.74) is 2.67. The lowest BCUT2D eigenvalue weighted by Gasteiger charge is -2.09. The van der Waals surface area contributed by atoms with Crippen LogP contribution in [0.15, 0.2) is 61.1 Å². The quantitative estimate of drug-likeness (QED) is 0.417. The largest absolute Gasteiger partial charge is 0.323 e. The first-order chi connectivity index (χ1) is 14.4. The summed E-state index contributed by atoms with van der Waals surface area (Å²) in [6, 6.07) is 12.7. The summed E-state index contributed by atoms with van der Waals surface area (Å²) >= 11 is 0. The molecule has 5 aromatic rings.